The highest BCUT2D eigenvalue weighted by Gasteiger charge is 2.16. The molecule has 0 radical (unpaired) electrons. The van der Waals surface area contributed by atoms with Gasteiger partial charge in [0.25, 0.3) is 5.91 Å². The van der Waals surface area contributed by atoms with Crippen molar-refractivity contribution < 1.29 is 4.79 Å². The van der Waals surface area contributed by atoms with E-state index in [1.807, 2.05) is 24.0 Å². The van der Waals surface area contributed by atoms with Gasteiger partial charge in [-0.3, -0.25) is 4.79 Å². The minimum absolute atomic E-state index is 0.0945. The van der Waals surface area contributed by atoms with Crippen molar-refractivity contribution in [3.05, 3.63) is 34.3 Å². The second-order valence-electron chi connectivity index (χ2n) is 4.29. The van der Waals surface area contributed by atoms with E-state index in [4.69, 9.17) is 11.6 Å². The standard InChI is InChI=1S/C14H19BrClNO/c1-3-4-8-17(9-7-15)14(18)13-6-5-12(16)10-11(13)2/h5-6,10H,3-4,7-9H2,1-2H3. The minimum atomic E-state index is 0.0945. The lowest BCUT2D eigenvalue weighted by Gasteiger charge is -2.22. The molecule has 0 aromatic heterocycles. The molecule has 0 saturated carbocycles. The highest BCUT2D eigenvalue weighted by Crippen LogP contribution is 2.17. The normalized spacial score (nSPS) is 10.4. The summed E-state index contributed by atoms with van der Waals surface area (Å²) in [4.78, 5) is 14.3. The van der Waals surface area contributed by atoms with Crippen molar-refractivity contribution in [1.82, 2.24) is 4.90 Å². The second kappa shape index (κ2) is 7.80. The average Bonchev–Trinajstić information content (AvgIpc) is 2.33. The van der Waals surface area contributed by atoms with E-state index in [1.165, 1.54) is 0 Å². The van der Waals surface area contributed by atoms with Gasteiger partial charge in [0.1, 0.15) is 0 Å². The Morgan fingerprint density at radius 2 is 2.11 bits per heavy atom. The molecule has 0 N–H and O–H groups in total. The Balaban J connectivity index is 2.87. The van der Waals surface area contributed by atoms with Gasteiger partial charge in [-0.25, -0.2) is 0 Å². The summed E-state index contributed by atoms with van der Waals surface area (Å²) in [6.45, 7) is 5.60. The van der Waals surface area contributed by atoms with Crippen molar-refractivity contribution >= 4 is 33.4 Å². The molecule has 0 fully saturated rings. The van der Waals surface area contributed by atoms with E-state index >= 15 is 0 Å². The van der Waals surface area contributed by atoms with Crippen LogP contribution in [0.5, 0.6) is 0 Å². The molecule has 1 aromatic rings. The van der Waals surface area contributed by atoms with E-state index in [0.717, 1.165) is 42.4 Å². The first kappa shape index (κ1) is 15.5. The van der Waals surface area contributed by atoms with Gasteiger partial charge in [-0.1, -0.05) is 40.9 Å². The van der Waals surface area contributed by atoms with Gasteiger partial charge in [0.05, 0.1) is 0 Å². The van der Waals surface area contributed by atoms with Gasteiger partial charge in [0, 0.05) is 29.0 Å². The fourth-order valence-electron chi connectivity index (χ4n) is 1.80. The summed E-state index contributed by atoms with van der Waals surface area (Å²) in [6.07, 6.45) is 2.12. The van der Waals surface area contributed by atoms with Crippen LogP contribution in [0.25, 0.3) is 0 Å². The van der Waals surface area contributed by atoms with Crippen LogP contribution in [0, 0.1) is 6.92 Å². The number of aryl methyl sites for hydroxylation is 1. The third-order valence-electron chi connectivity index (χ3n) is 2.84. The van der Waals surface area contributed by atoms with Gasteiger partial charge in [-0.05, 0) is 37.1 Å². The van der Waals surface area contributed by atoms with E-state index in [-0.39, 0.29) is 5.91 Å². The lowest BCUT2D eigenvalue weighted by Crippen LogP contribution is -2.34. The first-order valence-corrected chi connectivity index (χ1v) is 7.71. The zero-order valence-electron chi connectivity index (χ0n) is 10.9. The fourth-order valence-corrected chi connectivity index (χ4v) is 2.46. The van der Waals surface area contributed by atoms with Gasteiger partial charge < -0.3 is 4.90 Å². The minimum Gasteiger partial charge on any atom is -0.338 e. The number of amides is 1. The summed E-state index contributed by atoms with van der Waals surface area (Å²) < 4.78 is 0. The fraction of sp³-hybridized carbons (Fsp3) is 0.500. The summed E-state index contributed by atoms with van der Waals surface area (Å²) in [5.74, 6) is 0.0945. The van der Waals surface area contributed by atoms with Crippen molar-refractivity contribution in [1.29, 1.82) is 0 Å². The topological polar surface area (TPSA) is 20.3 Å². The lowest BCUT2D eigenvalue weighted by atomic mass is 10.1. The summed E-state index contributed by atoms with van der Waals surface area (Å²) >= 11 is 9.31. The van der Waals surface area contributed by atoms with Crippen molar-refractivity contribution in [2.75, 3.05) is 18.4 Å². The molecule has 1 amide bonds. The Bertz CT molecular complexity index is 409. The molecule has 0 aliphatic rings. The van der Waals surface area contributed by atoms with Crippen LogP contribution in [-0.2, 0) is 0 Å². The maximum Gasteiger partial charge on any atom is 0.254 e. The van der Waals surface area contributed by atoms with E-state index in [1.54, 1.807) is 6.07 Å². The highest BCUT2D eigenvalue weighted by atomic mass is 79.9. The van der Waals surface area contributed by atoms with Crippen molar-refractivity contribution in [3.63, 3.8) is 0 Å². The summed E-state index contributed by atoms with van der Waals surface area (Å²) in [5.41, 5.74) is 1.68. The number of halogens is 2. The lowest BCUT2D eigenvalue weighted by molar-refractivity contribution is 0.0763. The molecule has 0 bridgehead atoms. The van der Waals surface area contributed by atoms with Crippen molar-refractivity contribution in [2.24, 2.45) is 0 Å². The van der Waals surface area contributed by atoms with Crippen LogP contribution in [0.1, 0.15) is 35.7 Å². The van der Waals surface area contributed by atoms with Crippen molar-refractivity contribution in [3.8, 4) is 0 Å². The van der Waals surface area contributed by atoms with Crippen LogP contribution >= 0.6 is 27.5 Å². The SMILES string of the molecule is CCCCN(CCBr)C(=O)c1ccc(Cl)cc1C. The average molecular weight is 333 g/mol. The number of hydrogen-bond acceptors (Lipinski definition) is 1. The molecule has 0 aliphatic heterocycles. The zero-order valence-corrected chi connectivity index (χ0v) is 13.2. The molecule has 2 nitrogen and oxygen atoms in total. The van der Waals surface area contributed by atoms with Gasteiger partial charge in [-0.15, -0.1) is 0 Å². The van der Waals surface area contributed by atoms with E-state index in [0.29, 0.717) is 5.02 Å². The summed E-state index contributed by atoms with van der Waals surface area (Å²) in [7, 11) is 0. The Hall–Kier alpha value is -0.540. The molecule has 0 aliphatic carbocycles. The van der Waals surface area contributed by atoms with Crippen LogP contribution in [0.2, 0.25) is 5.02 Å². The Kier molecular flexibility index (Phi) is 6.72. The first-order chi connectivity index (χ1) is 8.60. The zero-order chi connectivity index (χ0) is 13.5. The van der Waals surface area contributed by atoms with E-state index in [2.05, 4.69) is 22.9 Å². The Morgan fingerprint density at radius 3 is 2.67 bits per heavy atom. The predicted molar refractivity (Wildman–Crippen MR) is 80.8 cm³/mol. The maximum atomic E-state index is 12.4. The molecule has 1 aromatic carbocycles. The Morgan fingerprint density at radius 1 is 1.39 bits per heavy atom. The van der Waals surface area contributed by atoms with Gasteiger partial charge in [0.15, 0.2) is 0 Å². The largest absolute Gasteiger partial charge is 0.338 e. The van der Waals surface area contributed by atoms with Crippen LogP contribution in [0.4, 0.5) is 0 Å². The molecule has 1 rings (SSSR count). The van der Waals surface area contributed by atoms with Gasteiger partial charge in [0.2, 0.25) is 0 Å². The molecule has 0 unspecified atom stereocenters. The smallest absolute Gasteiger partial charge is 0.254 e. The molecule has 0 atom stereocenters. The third-order valence-corrected chi connectivity index (χ3v) is 3.43. The number of rotatable bonds is 6. The predicted octanol–water partition coefficient (Wildman–Crippen LogP) is 4.29. The van der Waals surface area contributed by atoms with E-state index in [9.17, 15) is 4.79 Å². The third kappa shape index (κ3) is 4.29. The summed E-state index contributed by atoms with van der Waals surface area (Å²) in [6, 6.07) is 5.42. The maximum absolute atomic E-state index is 12.4. The second-order valence-corrected chi connectivity index (χ2v) is 5.52. The van der Waals surface area contributed by atoms with Crippen LogP contribution in [0.3, 0.4) is 0 Å². The molecule has 100 valence electrons. The number of alkyl halides is 1. The molecule has 4 heteroatoms. The summed E-state index contributed by atoms with van der Waals surface area (Å²) in [5, 5.41) is 1.47. The number of benzene rings is 1. The molecule has 0 spiro atoms. The van der Waals surface area contributed by atoms with Crippen LogP contribution in [-0.4, -0.2) is 29.2 Å². The first-order valence-electron chi connectivity index (χ1n) is 6.21. The molecular formula is C14H19BrClNO. The number of nitrogens with zero attached hydrogens (tertiary/aromatic N) is 1. The number of carbonyl (C=O) groups excluding carboxylic acids is 1. The van der Waals surface area contributed by atoms with E-state index < -0.39 is 0 Å². The van der Waals surface area contributed by atoms with Crippen molar-refractivity contribution in [2.45, 2.75) is 26.7 Å². The number of unbranched alkanes of at least 4 members (excludes halogenated alkanes) is 1. The number of carbonyl (C=O) groups is 1. The molecule has 0 saturated heterocycles. The molecule has 18 heavy (non-hydrogen) atoms. The molecular weight excluding hydrogens is 314 g/mol. The van der Waals surface area contributed by atoms with Crippen LogP contribution in [0.15, 0.2) is 18.2 Å². The van der Waals surface area contributed by atoms with Gasteiger partial charge >= 0.3 is 0 Å². The number of hydrogen-bond donors (Lipinski definition) is 0. The molecule has 0 heterocycles. The van der Waals surface area contributed by atoms with Crippen LogP contribution < -0.4 is 0 Å². The highest BCUT2D eigenvalue weighted by molar-refractivity contribution is 9.09. The van der Waals surface area contributed by atoms with Gasteiger partial charge in [-0.2, -0.15) is 0 Å². The Labute approximate surface area is 122 Å². The quantitative estimate of drug-likeness (QED) is 0.712. The monoisotopic (exact) mass is 331 g/mol.